The van der Waals surface area contributed by atoms with Crippen molar-refractivity contribution < 1.29 is 4.79 Å². The molecule has 1 heterocycles. The number of amides is 1. The summed E-state index contributed by atoms with van der Waals surface area (Å²) in [5, 5.41) is 6.02. The topological polar surface area (TPSA) is 70.2 Å². The second kappa shape index (κ2) is 9.62. The van der Waals surface area contributed by atoms with Gasteiger partial charge in [-0.2, -0.15) is 0 Å². The molecule has 128 valence electrons. The van der Waals surface area contributed by atoms with Gasteiger partial charge in [-0.3, -0.25) is 4.79 Å². The number of benzene rings is 1. The number of carbonyl (C=O) groups excluding carboxylic acids is 1. The first-order valence-corrected chi connectivity index (χ1v) is 8.18. The van der Waals surface area contributed by atoms with Crippen molar-refractivity contribution in [2.45, 2.75) is 12.8 Å². The van der Waals surface area contributed by atoms with Crippen LogP contribution in [0.5, 0.6) is 0 Å². The van der Waals surface area contributed by atoms with Gasteiger partial charge in [0.2, 0.25) is 5.95 Å². The average molecular weight is 327 g/mol. The van der Waals surface area contributed by atoms with Gasteiger partial charge in [0.15, 0.2) is 0 Å². The van der Waals surface area contributed by atoms with E-state index in [0.717, 1.165) is 25.9 Å². The Balaban J connectivity index is 1.70. The highest BCUT2D eigenvalue weighted by Gasteiger charge is 2.06. The molecule has 0 unspecified atom stereocenters. The van der Waals surface area contributed by atoms with Gasteiger partial charge in [-0.05, 0) is 32.5 Å². The Kier molecular flexibility index (Phi) is 7.17. The summed E-state index contributed by atoms with van der Waals surface area (Å²) in [5.41, 5.74) is 1.80. The van der Waals surface area contributed by atoms with Crippen LogP contribution >= 0.6 is 0 Å². The van der Waals surface area contributed by atoms with Gasteiger partial charge < -0.3 is 15.5 Å². The van der Waals surface area contributed by atoms with E-state index in [1.165, 1.54) is 5.56 Å². The fourth-order valence-electron chi connectivity index (χ4n) is 2.17. The number of aryl methyl sites for hydroxylation is 1. The van der Waals surface area contributed by atoms with Crippen LogP contribution in [-0.2, 0) is 6.42 Å². The normalized spacial score (nSPS) is 10.6. The van der Waals surface area contributed by atoms with E-state index in [0.29, 0.717) is 18.1 Å². The molecule has 0 fully saturated rings. The van der Waals surface area contributed by atoms with Gasteiger partial charge in [-0.1, -0.05) is 30.3 Å². The van der Waals surface area contributed by atoms with Crippen LogP contribution in [0.4, 0.5) is 5.95 Å². The minimum atomic E-state index is -0.146. The molecular formula is C18H25N5O. The summed E-state index contributed by atoms with van der Waals surface area (Å²) >= 11 is 0. The zero-order chi connectivity index (χ0) is 17.2. The maximum absolute atomic E-state index is 11.9. The van der Waals surface area contributed by atoms with Gasteiger partial charge in [0, 0.05) is 32.0 Å². The fourth-order valence-corrected chi connectivity index (χ4v) is 2.17. The molecule has 1 amide bonds. The molecule has 0 aliphatic rings. The van der Waals surface area contributed by atoms with Crippen LogP contribution in [0.2, 0.25) is 0 Å². The quantitative estimate of drug-likeness (QED) is 0.688. The van der Waals surface area contributed by atoms with Crippen LogP contribution in [0.25, 0.3) is 0 Å². The third-order valence-electron chi connectivity index (χ3n) is 3.53. The highest BCUT2D eigenvalue weighted by molar-refractivity contribution is 5.93. The summed E-state index contributed by atoms with van der Waals surface area (Å²) < 4.78 is 0. The summed E-state index contributed by atoms with van der Waals surface area (Å²) in [6.45, 7) is 2.20. The monoisotopic (exact) mass is 327 g/mol. The highest BCUT2D eigenvalue weighted by atomic mass is 16.1. The average Bonchev–Trinajstić information content (AvgIpc) is 2.60. The van der Waals surface area contributed by atoms with Crippen molar-refractivity contribution in [1.29, 1.82) is 0 Å². The molecule has 1 aromatic carbocycles. The first-order chi connectivity index (χ1) is 11.6. The molecule has 2 N–H and O–H groups in total. The number of hydrogen-bond donors (Lipinski definition) is 2. The molecule has 0 aliphatic carbocycles. The number of nitrogens with one attached hydrogen (secondary N) is 2. The maximum atomic E-state index is 11.9. The molecule has 6 nitrogen and oxygen atoms in total. The lowest BCUT2D eigenvalue weighted by Crippen LogP contribution is -2.31. The van der Waals surface area contributed by atoms with Crippen molar-refractivity contribution in [1.82, 2.24) is 20.2 Å². The molecular weight excluding hydrogens is 302 g/mol. The van der Waals surface area contributed by atoms with Crippen molar-refractivity contribution in [2.24, 2.45) is 0 Å². The largest absolute Gasteiger partial charge is 0.354 e. The number of hydrogen-bond acceptors (Lipinski definition) is 5. The number of nitrogens with zero attached hydrogens (tertiary/aromatic N) is 3. The van der Waals surface area contributed by atoms with Crippen molar-refractivity contribution in [3.8, 4) is 0 Å². The molecule has 0 bridgehead atoms. The molecule has 2 aromatic rings. The van der Waals surface area contributed by atoms with Crippen LogP contribution in [0, 0.1) is 0 Å². The number of anilines is 1. The lowest BCUT2D eigenvalue weighted by atomic mass is 10.1. The van der Waals surface area contributed by atoms with Crippen LogP contribution < -0.4 is 10.6 Å². The van der Waals surface area contributed by atoms with Crippen LogP contribution in [-0.4, -0.2) is 54.5 Å². The van der Waals surface area contributed by atoms with E-state index in [-0.39, 0.29) is 5.91 Å². The number of aromatic nitrogens is 2. The lowest BCUT2D eigenvalue weighted by Gasteiger charge is -2.10. The molecule has 6 heteroatoms. The minimum Gasteiger partial charge on any atom is -0.354 e. The summed E-state index contributed by atoms with van der Waals surface area (Å²) in [5.74, 6) is 0.403. The van der Waals surface area contributed by atoms with Crippen molar-refractivity contribution in [3.63, 3.8) is 0 Å². The van der Waals surface area contributed by atoms with Gasteiger partial charge in [-0.25, -0.2) is 9.97 Å². The Labute approximate surface area is 143 Å². The van der Waals surface area contributed by atoms with Crippen molar-refractivity contribution in [3.05, 3.63) is 53.9 Å². The molecule has 0 saturated heterocycles. The van der Waals surface area contributed by atoms with Gasteiger partial charge in [0.1, 0.15) is 0 Å². The Bertz CT molecular complexity index is 613. The Morgan fingerprint density at radius 3 is 2.46 bits per heavy atom. The second-order valence-corrected chi connectivity index (χ2v) is 5.87. The van der Waals surface area contributed by atoms with Crippen molar-refractivity contribution in [2.75, 3.05) is 39.0 Å². The molecule has 0 radical (unpaired) electrons. The summed E-state index contributed by atoms with van der Waals surface area (Å²) in [6, 6.07) is 10.4. The maximum Gasteiger partial charge on any atom is 0.254 e. The summed E-state index contributed by atoms with van der Waals surface area (Å²) in [6.07, 6.45) is 5.12. The minimum absolute atomic E-state index is 0.146. The smallest absolute Gasteiger partial charge is 0.254 e. The first-order valence-electron chi connectivity index (χ1n) is 8.18. The van der Waals surface area contributed by atoms with Crippen molar-refractivity contribution >= 4 is 11.9 Å². The van der Waals surface area contributed by atoms with Gasteiger partial charge in [0.25, 0.3) is 5.91 Å². The molecule has 0 spiro atoms. The predicted molar refractivity (Wildman–Crippen MR) is 96.2 cm³/mol. The van der Waals surface area contributed by atoms with E-state index in [9.17, 15) is 4.79 Å². The van der Waals surface area contributed by atoms with Gasteiger partial charge in [0.05, 0.1) is 5.56 Å². The third-order valence-corrected chi connectivity index (χ3v) is 3.53. The first kappa shape index (κ1) is 17.9. The summed E-state index contributed by atoms with van der Waals surface area (Å²) in [7, 11) is 3.93. The molecule has 0 aliphatic heterocycles. The molecule has 24 heavy (non-hydrogen) atoms. The highest BCUT2D eigenvalue weighted by Crippen LogP contribution is 2.04. The second-order valence-electron chi connectivity index (χ2n) is 5.87. The third kappa shape index (κ3) is 6.34. The van der Waals surface area contributed by atoms with Crippen LogP contribution in [0.15, 0.2) is 42.7 Å². The fraction of sp³-hybridized carbons (Fsp3) is 0.389. The zero-order valence-electron chi connectivity index (χ0n) is 14.3. The molecule has 0 saturated carbocycles. The van der Waals surface area contributed by atoms with Crippen LogP contribution in [0.3, 0.4) is 0 Å². The van der Waals surface area contributed by atoms with E-state index >= 15 is 0 Å². The standard InChI is InChI=1S/C18H25N5O/c1-23(2)12-11-19-17(24)16-13-21-18(22-14-16)20-10-6-9-15-7-4-3-5-8-15/h3-5,7-8,13-14H,6,9-12H2,1-2H3,(H,19,24)(H,20,21,22). The zero-order valence-corrected chi connectivity index (χ0v) is 14.3. The van der Waals surface area contributed by atoms with E-state index in [4.69, 9.17) is 0 Å². The Hall–Kier alpha value is -2.47. The Morgan fingerprint density at radius 1 is 1.08 bits per heavy atom. The molecule has 0 atom stereocenters. The number of carbonyl (C=O) groups is 1. The summed E-state index contributed by atoms with van der Waals surface area (Å²) in [4.78, 5) is 22.3. The lowest BCUT2D eigenvalue weighted by molar-refractivity contribution is 0.0950. The Morgan fingerprint density at radius 2 is 1.79 bits per heavy atom. The van der Waals surface area contributed by atoms with E-state index in [2.05, 4.69) is 32.7 Å². The number of rotatable bonds is 9. The number of likely N-dealkylation sites (N-methyl/N-ethyl adjacent to an activating group) is 1. The predicted octanol–water partition coefficient (Wildman–Crippen LogP) is 1.81. The SMILES string of the molecule is CN(C)CCNC(=O)c1cnc(NCCCc2ccccc2)nc1. The molecule has 1 aromatic heterocycles. The van der Waals surface area contributed by atoms with Crippen LogP contribution in [0.1, 0.15) is 22.3 Å². The van der Waals surface area contributed by atoms with E-state index < -0.39 is 0 Å². The van der Waals surface area contributed by atoms with Gasteiger partial charge in [-0.15, -0.1) is 0 Å². The van der Waals surface area contributed by atoms with E-state index in [1.807, 2.05) is 37.2 Å². The van der Waals surface area contributed by atoms with E-state index in [1.54, 1.807) is 12.4 Å². The molecule has 2 rings (SSSR count). The van der Waals surface area contributed by atoms with Gasteiger partial charge >= 0.3 is 0 Å².